The van der Waals surface area contributed by atoms with Crippen LogP contribution in [0.3, 0.4) is 0 Å². The zero-order valence-corrected chi connectivity index (χ0v) is 14.4. The van der Waals surface area contributed by atoms with Gasteiger partial charge in [-0.2, -0.15) is 5.10 Å². The van der Waals surface area contributed by atoms with E-state index in [9.17, 15) is 9.18 Å². The summed E-state index contributed by atoms with van der Waals surface area (Å²) >= 11 is 0. The normalized spacial score (nSPS) is 15.9. The number of carbonyl (C=O) groups excluding carboxylic acids is 1. The maximum atomic E-state index is 13.3. The average molecular weight is 364 g/mol. The van der Waals surface area contributed by atoms with Crippen molar-refractivity contribution in [3.63, 3.8) is 0 Å². The van der Waals surface area contributed by atoms with Gasteiger partial charge in [-0.25, -0.2) is 4.39 Å². The lowest BCUT2D eigenvalue weighted by molar-refractivity contribution is -0.125. The van der Waals surface area contributed by atoms with Crippen molar-refractivity contribution in [2.75, 3.05) is 5.32 Å². The molecule has 1 unspecified atom stereocenters. The van der Waals surface area contributed by atoms with E-state index in [0.29, 0.717) is 23.5 Å². The van der Waals surface area contributed by atoms with Crippen molar-refractivity contribution in [3.05, 3.63) is 83.9 Å². The summed E-state index contributed by atoms with van der Waals surface area (Å²) < 4.78 is 15.1. The minimum absolute atomic E-state index is 0.285. The number of amides is 1. The van der Waals surface area contributed by atoms with E-state index in [-0.39, 0.29) is 18.1 Å². The van der Waals surface area contributed by atoms with Crippen LogP contribution in [-0.4, -0.2) is 27.5 Å². The predicted octanol–water partition coefficient (Wildman–Crippen LogP) is 3.20. The molecule has 136 valence electrons. The largest absolute Gasteiger partial charge is 0.382 e. The lowest BCUT2D eigenvalue weighted by atomic mass is 10.0. The Morgan fingerprint density at radius 3 is 2.89 bits per heavy atom. The molecule has 6 nitrogen and oxygen atoms in total. The second kappa shape index (κ2) is 7.41. The summed E-state index contributed by atoms with van der Waals surface area (Å²) in [4.78, 5) is 17.6. The van der Waals surface area contributed by atoms with Gasteiger partial charge in [-0.15, -0.1) is 0 Å². The van der Waals surface area contributed by atoms with Gasteiger partial charge in [0.05, 0.1) is 24.1 Å². The molecule has 1 amide bonds. The van der Waals surface area contributed by atoms with Gasteiger partial charge >= 0.3 is 0 Å². The third kappa shape index (κ3) is 4.03. The van der Waals surface area contributed by atoms with E-state index in [1.165, 1.54) is 12.1 Å². The van der Waals surface area contributed by atoms with Crippen molar-refractivity contribution in [1.82, 2.24) is 9.78 Å². The molecule has 0 saturated carbocycles. The van der Waals surface area contributed by atoms with Gasteiger partial charge in [0.1, 0.15) is 5.82 Å². The number of hydrogen-bond donors (Lipinski definition) is 1. The van der Waals surface area contributed by atoms with Crippen molar-refractivity contribution in [1.29, 1.82) is 0 Å². The van der Waals surface area contributed by atoms with Gasteiger partial charge in [-0.3, -0.25) is 9.48 Å². The lowest BCUT2D eigenvalue weighted by Gasteiger charge is -2.07. The number of halogens is 1. The lowest BCUT2D eigenvalue weighted by Crippen LogP contribution is -2.27. The summed E-state index contributed by atoms with van der Waals surface area (Å²) in [6.45, 7) is 0.615. The van der Waals surface area contributed by atoms with Crippen LogP contribution in [0.5, 0.6) is 0 Å². The third-order valence-electron chi connectivity index (χ3n) is 4.21. The molecular weight excluding hydrogens is 347 g/mol. The Labute approximate surface area is 155 Å². The highest BCUT2D eigenvalue weighted by atomic mass is 19.1. The highest BCUT2D eigenvalue weighted by Crippen LogP contribution is 2.19. The van der Waals surface area contributed by atoms with Crippen LogP contribution in [0.1, 0.15) is 17.5 Å². The highest BCUT2D eigenvalue weighted by molar-refractivity contribution is 6.06. The SMILES string of the molecule is O=C(Nc1cnn(Cc2ccccc2)c1)C1CC(c2cccc(F)c2)=NO1. The average Bonchev–Trinajstić information content (AvgIpc) is 3.32. The topological polar surface area (TPSA) is 68.5 Å². The van der Waals surface area contributed by atoms with E-state index < -0.39 is 6.10 Å². The van der Waals surface area contributed by atoms with E-state index in [1.54, 1.807) is 29.2 Å². The molecule has 0 saturated heterocycles. The summed E-state index contributed by atoms with van der Waals surface area (Å²) in [5, 5.41) is 11.0. The number of hydrogen-bond acceptors (Lipinski definition) is 4. The van der Waals surface area contributed by atoms with Crippen LogP contribution in [-0.2, 0) is 16.2 Å². The molecule has 1 aliphatic heterocycles. The number of nitrogens with one attached hydrogen (secondary N) is 1. The standard InChI is InChI=1S/C20H17FN4O2/c21-16-8-4-7-15(9-16)18-10-19(27-24-18)20(26)23-17-11-22-25(13-17)12-14-5-2-1-3-6-14/h1-9,11,13,19H,10,12H2,(H,23,26). The van der Waals surface area contributed by atoms with Crippen LogP contribution in [0.2, 0.25) is 0 Å². The Hall–Kier alpha value is -3.48. The number of rotatable bonds is 5. The number of oxime groups is 1. The van der Waals surface area contributed by atoms with E-state index >= 15 is 0 Å². The fraction of sp³-hybridized carbons (Fsp3) is 0.150. The summed E-state index contributed by atoms with van der Waals surface area (Å²) in [5.41, 5.74) is 2.86. The van der Waals surface area contributed by atoms with Crippen molar-refractivity contribution < 1.29 is 14.0 Å². The minimum Gasteiger partial charge on any atom is -0.382 e. The van der Waals surface area contributed by atoms with Gasteiger partial charge in [0.2, 0.25) is 6.10 Å². The van der Waals surface area contributed by atoms with Crippen molar-refractivity contribution >= 4 is 17.3 Å². The quantitative estimate of drug-likeness (QED) is 0.756. The zero-order chi connectivity index (χ0) is 18.6. The smallest absolute Gasteiger partial charge is 0.268 e. The van der Waals surface area contributed by atoms with Crippen LogP contribution >= 0.6 is 0 Å². The first-order chi connectivity index (χ1) is 13.2. The first kappa shape index (κ1) is 17.0. The van der Waals surface area contributed by atoms with E-state index in [4.69, 9.17) is 4.84 Å². The number of carbonyl (C=O) groups is 1. The molecule has 2 aromatic carbocycles. The molecule has 4 rings (SSSR count). The predicted molar refractivity (Wildman–Crippen MR) is 98.8 cm³/mol. The molecule has 1 atom stereocenters. The van der Waals surface area contributed by atoms with Crippen LogP contribution < -0.4 is 5.32 Å². The Bertz CT molecular complexity index is 984. The molecule has 0 radical (unpaired) electrons. The van der Waals surface area contributed by atoms with Gasteiger partial charge in [0.25, 0.3) is 5.91 Å². The van der Waals surface area contributed by atoms with E-state index in [1.807, 2.05) is 30.3 Å². The van der Waals surface area contributed by atoms with Crippen LogP contribution in [0.4, 0.5) is 10.1 Å². The summed E-state index contributed by atoms with van der Waals surface area (Å²) in [7, 11) is 0. The molecule has 2 heterocycles. The monoisotopic (exact) mass is 364 g/mol. The van der Waals surface area contributed by atoms with Gasteiger partial charge < -0.3 is 10.2 Å². The first-order valence-corrected chi connectivity index (χ1v) is 8.53. The third-order valence-corrected chi connectivity index (χ3v) is 4.21. The summed E-state index contributed by atoms with van der Waals surface area (Å²) in [5.74, 6) is -0.668. The molecule has 27 heavy (non-hydrogen) atoms. The molecule has 0 spiro atoms. The molecule has 1 N–H and O–H groups in total. The summed E-state index contributed by atoms with van der Waals surface area (Å²) in [6.07, 6.45) is 2.88. The second-order valence-electron chi connectivity index (χ2n) is 6.25. The number of anilines is 1. The zero-order valence-electron chi connectivity index (χ0n) is 14.4. The minimum atomic E-state index is -0.749. The Balaban J connectivity index is 1.35. The molecule has 3 aromatic rings. The van der Waals surface area contributed by atoms with Crippen molar-refractivity contribution in [2.24, 2.45) is 5.16 Å². The van der Waals surface area contributed by atoms with Gasteiger partial charge in [0, 0.05) is 18.2 Å². The molecule has 1 aromatic heterocycles. The fourth-order valence-corrected chi connectivity index (χ4v) is 2.86. The van der Waals surface area contributed by atoms with Crippen LogP contribution in [0.15, 0.2) is 72.1 Å². The van der Waals surface area contributed by atoms with Crippen molar-refractivity contribution in [2.45, 2.75) is 19.1 Å². The molecule has 0 bridgehead atoms. The van der Waals surface area contributed by atoms with E-state index in [0.717, 1.165) is 5.56 Å². The number of aromatic nitrogens is 2. The number of nitrogens with zero attached hydrogens (tertiary/aromatic N) is 3. The molecule has 0 aliphatic carbocycles. The Kier molecular flexibility index (Phi) is 4.65. The summed E-state index contributed by atoms with van der Waals surface area (Å²) in [6, 6.07) is 16.0. The Morgan fingerprint density at radius 2 is 2.07 bits per heavy atom. The maximum Gasteiger partial charge on any atom is 0.268 e. The first-order valence-electron chi connectivity index (χ1n) is 8.53. The highest BCUT2D eigenvalue weighted by Gasteiger charge is 2.29. The maximum absolute atomic E-state index is 13.3. The van der Waals surface area contributed by atoms with E-state index in [2.05, 4.69) is 15.6 Å². The van der Waals surface area contributed by atoms with Gasteiger partial charge in [0.15, 0.2) is 0 Å². The molecular formula is C20H17FN4O2. The van der Waals surface area contributed by atoms with Gasteiger partial charge in [-0.1, -0.05) is 47.6 Å². The van der Waals surface area contributed by atoms with Crippen LogP contribution in [0.25, 0.3) is 0 Å². The van der Waals surface area contributed by atoms with Crippen molar-refractivity contribution in [3.8, 4) is 0 Å². The second-order valence-corrected chi connectivity index (χ2v) is 6.25. The number of benzene rings is 2. The van der Waals surface area contributed by atoms with Gasteiger partial charge in [-0.05, 0) is 17.7 Å². The Morgan fingerprint density at radius 1 is 1.22 bits per heavy atom. The molecule has 7 heteroatoms. The fourth-order valence-electron chi connectivity index (χ4n) is 2.86. The molecule has 1 aliphatic rings. The van der Waals surface area contributed by atoms with Crippen LogP contribution in [0, 0.1) is 5.82 Å². The molecule has 0 fully saturated rings.